The molecule has 0 fully saturated rings. The molecule has 2 aromatic rings. The van der Waals surface area contributed by atoms with E-state index in [1.54, 1.807) is 12.1 Å². The van der Waals surface area contributed by atoms with Gasteiger partial charge in [0, 0.05) is 18.7 Å². The van der Waals surface area contributed by atoms with Gasteiger partial charge in [-0.1, -0.05) is 5.16 Å². The van der Waals surface area contributed by atoms with Crippen molar-refractivity contribution in [1.29, 1.82) is 0 Å². The number of anilines is 1. The second-order valence-corrected chi connectivity index (χ2v) is 4.32. The van der Waals surface area contributed by atoms with Crippen molar-refractivity contribution >= 4 is 11.7 Å². The normalized spacial score (nSPS) is 10.3. The van der Waals surface area contributed by atoms with E-state index in [0.29, 0.717) is 24.6 Å². The highest BCUT2D eigenvalue weighted by Gasteiger charge is 2.10. The van der Waals surface area contributed by atoms with E-state index in [0.717, 1.165) is 17.0 Å². The smallest absolute Gasteiger partial charge is 0.271 e. The van der Waals surface area contributed by atoms with Gasteiger partial charge in [-0.3, -0.25) is 4.79 Å². The SMILES string of the molecule is CCNC(=O)c1ccc(NCc2c(C)noc2C)nn1. The molecular formula is C13H17N5O2. The Kier molecular flexibility index (Phi) is 4.29. The molecule has 1 amide bonds. The molecule has 7 heteroatoms. The maximum Gasteiger partial charge on any atom is 0.271 e. The van der Waals surface area contributed by atoms with E-state index in [9.17, 15) is 4.79 Å². The van der Waals surface area contributed by atoms with Crippen molar-refractivity contribution < 1.29 is 9.32 Å². The van der Waals surface area contributed by atoms with Crippen LogP contribution in [0.3, 0.4) is 0 Å². The van der Waals surface area contributed by atoms with E-state index < -0.39 is 0 Å². The molecule has 0 saturated heterocycles. The van der Waals surface area contributed by atoms with E-state index in [2.05, 4.69) is 26.0 Å². The molecule has 106 valence electrons. The van der Waals surface area contributed by atoms with Crippen molar-refractivity contribution in [1.82, 2.24) is 20.7 Å². The molecule has 0 saturated carbocycles. The molecule has 20 heavy (non-hydrogen) atoms. The van der Waals surface area contributed by atoms with Gasteiger partial charge in [0.05, 0.1) is 5.69 Å². The molecule has 0 aliphatic carbocycles. The summed E-state index contributed by atoms with van der Waals surface area (Å²) in [5, 5.41) is 17.5. The minimum Gasteiger partial charge on any atom is -0.364 e. The minimum absolute atomic E-state index is 0.225. The highest BCUT2D eigenvalue weighted by Crippen LogP contribution is 2.13. The number of aromatic nitrogens is 3. The van der Waals surface area contributed by atoms with Gasteiger partial charge in [0.1, 0.15) is 11.6 Å². The number of nitrogens with zero attached hydrogens (tertiary/aromatic N) is 3. The summed E-state index contributed by atoms with van der Waals surface area (Å²) in [6.45, 7) is 6.71. The van der Waals surface area contributed by atoms with Crippen molar-refractivity contribution in [2.24, 2.45) is 0 Å². The first-order valence-corrected chi connectivity index (χ1v) is 6.39. The lowest BCUT2D eigenvalue weighted by Gasteiger charge is -2.05. The first kappa shape index (κ1) is 14.0. The van der Waals surface area contributed by atoms with Crippen molar-refractivity contribution in [2.75, 3.05) is 11.9 Å². The number of rotatable bonds is 5. The third-order valence-electron chi connectivity index (χ3n) is 2.86. The minimum atomic E-state index is -0.225. The van der Waals surface area contributed by atoms with Gasteiger partial charge in [-0.15, -0.1) is 10.2 Å². The molecule has 0 spiro atoms. The number of aryl methyl sites for hydroxylation is 2. The maximum atomic E-state index is 11.5. The fraction of sp³-hybridized carbons (Fsp3) is 0.385. The van der Waals surface area contributed by atoms with Crippen LogP contribution < -0.4 is 10.6 Å². The molecule has 0 aliphatic rings. The Bertz CT molecular complexity index is 572. The second-order valence-electron chi connectivity index (χ2n) is 4.32. The number of carbonyl (C=O) groups is 1. The molecule has 0 aliphatic heterocycles. The van der Waals surface area contributed by atoms with Crippen molar-refractivity contribution in [3.63, 3.8) is 0 Å². The third-order valence-corrected chi connectivity index (χ3v) is 2.86. The van der Waals surface area contributed by atoms with Crippen LogP contribution in [0, 0.1) is 13.8 Å². The van der Waals surface area contributed by atoms with E-state index in [4.69, 9.17) is 4.52 Å². The zero-order valence-electron chi connectivity index (χ0n) is 11.7. The predicted molar refractivity (Wildman–Crippen MR) is 73.3 cm³/mol. The standard InChI is InChI=1S/C13H17N5O2/c1-4-14-13(19)11-5-6-12(17-16-11)15-7-10-8(2)18-20-9(10)3/h5-6H,4,7H2,1-3H3,(H,14,19)(H,15,17). The summed E-state index contributed by atoms with van der Waals surface area (Å²) in [6, 6.07) is 3.35. The Balaban J connectivity index is 1.99. The lowest BCUT2D eigenvalue weighted by atomic mass is 10.2. The van der Waals surface area contributed by atoms with Crippen LogP contribution in [0.15, 0.2) is 16.7 Å². The maximum absolute atomic E-state index is 11.5. The lowest BCUT2D eigenvalue weighted by Crippen LogP contribution is -2.24. The third kappa shape index (κ3) is 3.11. The summed E-state index contributed by atoms with van der Waals surface area (Å²) in [5.41, 5.74) is 2.15. The zero-order chi connectivity index (χ0) is 14.5. The average Bonchev–Trinajstić information content (AvgIpc) is 2.77. The number of amides is 1. The molecule has 2 aromatic heterocycles. The van der Waals surface area contributed by atoms with E-state index in [1.807, 2.05) is 20.8 Å². The number of hydrogen-bond donors (Lipinski definition) is 2. The summed E-state index contributed by atoms with van der Waals surface area (Å²) in [6.07, 6.45) is 0. The Hall–Kier alpha value is -2.44. The summed E-state index contributed by atoms with van der Waals surface area (Å²) >= 11 is 0. The molecule has 0 bridgehead atoms. The second kappa shape index (κ2) is 6.14. The summed E-state index contributed by atoms with van der Waals surface area (Å²) in [7, 11) is 0. The number of nitrogens with one attached hydrogen (secondary N) is 2. The Morgan fingerprint density at radius 1 is 1.30 bits per heavy atom. The van der Waals surface area contributed by atoms with Gasteiger partial charge in [0.25, 0.3) is 5.91 Å². The Morgan fingerprint density at radius 2 is 2.10 bits per heavy atom. The van der Waals surface area contributed by atoms with Gasteiger partial charge >= 0.3 is 0 Å². The van der Waals surface area contributed by atoms with Gasteiger partial charge < -0.3 is 15.2 Å². The molecule has 2 N–H and O–H groups in total. The van der Waals surface area contributed by atoms with Crippen molar-refractivity contribution in [3.8, 4) is 0 Å². The molecular weight excluding hydrogens is 258 g/mol. The fourth-order valence-corrected chi connectivity index (χ4v) is 1.73. The average molecular weight is 275 g/mol. The summed E-state index contributed by atoms with van der Waals surface area (Å²) in [4.78, 5) is 11.5. The molecule has 0 unspecified atom stereocenters. The molecule has 0 aromatic carbocycles. The quantitative estimate of drug-likeness (QED) is 0.857. The van der Waals surface area contributed by atoms with Gasteiger partial charge in [-0.2, -0.15) is 0 Å². The van der Waals surface area contributed by atoms with Crippen LogP contribution in [0.25, 0.3) is 0 Å². The summed E-state index contributed by atoms with van der Waals surface area (Å²) in [5.74, 6) is 1.15. The van der Waals surface area contributed by atoms with Crippen molar-refractivity contribution in [2.45, 2.75) is 27.3 Å². The zero-order valence-corrected chi connectivity index (χ0v) is 11.7. The fourth-order valence-electron chi connectivity index (χ4n) is 1.73. The van der Waals surface area contributed by atoms with Crippen LogP contribution in [-0.4, -0.2) is 27.8 Å². The van der Waals surface area contributed by atoms with Crippen molar-refractivity contribution in [3.05, 3.63) is 34.8 Å². The molecule has 0 radical (unpaired) electrons. The summed E-state index contributed by atoms with van der Waals surface area (Å²) < 4.78 is 5.08. The monoisotopic (exact) mass is 275 g/mol. The van der Waals surface area contributed by atoms with Crippen LogP contribution in [-0.2, 0) is 6.54 Å². The topological polar surface area (TPSA) is 92.9 Å². The van der Waals surface area contributed by atoms with Crippen LogP contribution in [0.5, 0.6) is 0 Å². The number of hydrogen-bond acceptors (Lipinski definition) is 6. The van der Waals surface area contributed by atoms with E-state index >= 15 is 0 Å². The Morgan fingerprint density at radius 3 is 2.65 bits per heavy atom. The number of carbonyl (C=O) groups excluding carboxylic acids is 1. The highest BCUT2D eigenvalue weighted by molar-refractivity contribution is 5.92. The van der Waals surface area contributed by atoms with Crippen LogP contribution in [0.4, 0.5) is 5.82 Å². The first-order chi connectivity index (χ1) is 9.61. The van der Waals surface area contributed by atoms with Crippen LogP contribution in [0.1, 0.15) is 34.4 Å². The van der Waals surface area contributed by atoms with Gasteiger partial charge in [-0.05, 0) is 32.9 Å². The molecule has 2 rings (SSSR count). The largest absolute Gasteiger partial charge is 0.364 e. The molecule has 7 nitrogen and oxygen atoms in total. The van der Waals surface area contributed by atoms with E-state index in [1.165, 1.54) is 0 Å². The van der Waals surface area contributed by atoms with Gasteiger partial charge in [-0.25, -0.2) is 0 Å². The molecule has 0 atom stereocenters. The predicted octanol–water partition coefficient (Wildman–Crippen LogP) is 1.44. The lowest BCUT2D eigenvalue weighted by molar-refractivity contribution is 0.0950. The van der Waals surface area contributed by atoms with E-state index in [-0.39, 0.29) is 5.91 Å². The highest BCUT2D eigenvalue weighted by atomic mass is 16.5. The van der Waals surface area contributed by atoms with Gasteiger partial charge in [0.15, 0.2) is 5.69 Å². The van der Waals surface area contributed by atoms with Crippen LogP contribution >= 0.6 is 0 Å². The molecule has 2 heterocycles. The first-order valence-electron chi connectivity index (χ1n) is 6.39. The Labute approximate surface area is 116 Å². The van der Waals surface area contributed by atoms with Crippen LogP contribution in [0.2, 0.25) is 0 Å². The van der Waals surface area contributed by atoms with Gasteiger partial charge in [0.2, 0.25) is 0 Å².